The fourth-order valence-corrected chi connectivity index (χ4v) is 12.4. The van der Waals surface area contributed by atoms with E-state index in [2.05, 4.69) is 92.1 Å². The van der Waals surface area contributed by atoms with E-state index in [0.717, 1.165) is 70.6 Å². The minimum Gasteiger partial charge on any atom is -0.394 e. The largest absolute Gasteiger partial charge is 0.394 e. The van der Waals surface area contributed by atoms with Crippen molar-refractivity contribution < 1.29 is 64.6 Å². The molecular weight excluding hydrogens is 1180 g/mol. The van der Waals surface area contributed by atoms with Gasteiger partial charge in [0.25, 0.3) is 0 Å². The number of allylic oxidation sites excluding steroid dienone is 13. The average molecular weight is 1330 g/mol. The molecule has 14 nitrogen and oxygen atoms in total. The van der Waals surface area contributed by atoms with Gasteiger partial charge in [-0.2, -0.15) is 0 Å². The van der Waals surface area contributed by atoms with Crippen molar-refractivity contribution >= 4 is 5.91 Å². The Morgan fingerprint density at radius 3 is 1.17 bits per heavy atom. The van der Waals surface area contributed by atoms with Gasteiger partial charge in [0.2, 0.25) is 5.91 Å². The summed E-state index contributed by atoms with van der Waals surface area (Å²) in [5, 5.41) is 87.6. The summed E-state index contributed by atoms with van der Waals surface area (Å²) in [6.45, 7) is 2.70. The summed E-state index contributed by atoms with van der Waals surface area (Å²) in [5.74, 6) is -0.252. The lowest BCUT2D eigenvalue weighted by atomic mass is 9.97. The summed E-state index contributed by atoms with van der Waals surface area (Å²) in [5.41, 5.74) is 0. The Morgan fingerprint density at radius 1 is 0.394 bits per heavy atom. The molecule has 0 aromatic carbocycles. The van der Waals surface area contributed by atoms with Crippen LogP contribution in [0.1, 0.15) is 322 Å². The van der Waals surface area contributed by atoms with Gasteiger partial charge in [0.1, 0.15) is 48.8 Å². The second-order valence-electron chi connectivity index (χ2n) is 27.1. The van der Waals surface area contributed by atoms with Crippen molar-refractivity contribution in [2.24, 2.45) is 0 Å². The number of aliphatic hydroxyl groups is 8. The molecule has 2 aliphatic heterocycles. The topological polar surface area (TPSA) is 228 Å². The Hall–Kier alpha value is -2.83. The van der Waals surface area contributed by atoms with E-state index in [0.29, 0.717) is 12.8 Å². The molecule has 12 unspecified atom stereocenters. The third kappa shape index (κ3) is 46.4. The summed E-state index contributed by atoms with van der Waals surface area (Å²) >= 11 is 0. The molecule has 0 bridgehead atoms. The molecule has 546 valence electrons. The van der Waals surface area contributed by atoms with Crippen LogP contribution in [0.2, 0.25) is 0 Å². The predicted molar refractivity (Wildman–Crippen MR) is 387 cm³/mol. The van der Waals surface area contributed by atoms with E-state index in [-0.39, 0.29) is 18.9 Å². The van der Waals surface area contributed by atoms with E-state index < -0.39 is 86.8 Å². The van der Waals surface area contributed by atoms with Crippen LogP contribution in [0.15, 0.2) is 85.1 Å². The van der Waals surface area contributed by atoms with Gasteiger partial charge in [-0.25, -0.2) is 0 Å². The van der Waals surface area contributed by atoms with Crippen LogP contribution < -0.4 is 5.32 Å². The summed E-state index contributed by atoms with van der Waals surface area (Å²) < 4.78 is 22.9. The van der Waals surface area contributed by atoms with E-state index in [1.54, 1.807) is 6.08 Å². The summed E-state index contributed by atoms with van der Waals surface area (Å²) in [6.07, 6.45) is 72.3. The lowest BCUT2D eigenvalue weighted by Gasteiger charge is -2.46. The van der Waals surface area contributed by atoms with E-state index >= 15 is 0 Å². The minimum absolute atomic E-state index is 0.252. The maximum atomic E-state index is 13.4. The number of aliphatic hydroxyl groups excluding tert-OH is 8. The molecule has 0 aromatic rings. The third-order valence-corrected chi connectivity index (χ3v) is 18.5. The highest BCUT2D eigenvalue weighted by atomic mass is 16.7. The van der Waals surface area contributed by atoms with Crippen molar-refractivity contribution in [1.82, 2.24) is 5.32 Å². The van der Waals surface area contributed by atoms with Gasteiger partial charge in [-0.05, 0) is 83.5 Å². The highest BCUT2D eigenvalue weighted by Gasteiger charge is 2.51. The van der Waals surface area contributed by atoms with Gasteiger partial charge in [-0.15, -0.1) is 0 Å². The van der Waals surface area contributed by atoms with Crippen molar-refractivity contribution in [3.63, 3.8) is 0 Å². The quantitative estimate of drug-likeness (QED) is 0.0204. The van der Waals surface area contributed by atoms with E-state index in [1.165, 1.54) is 218 Å². The van der Waals surface area contributed by atoms with Gasteiger partial charge in [0.05, 0.1) is 32.0 Å². The SMILES string of the molecule is CC/C=C\C/C=C\C/C=C\C/C=C\CCCCCCCCCCCCCCCCCCC(=O)NC(COC1OC(CO)C(OC2OC(CO)C(O)C(O)C2O)C(O)C1O)C(O)/C=C/CC/C=C/CC/C=C/CCCCCCCCCCCCCCCCCCCCCCC. The Bertz CT molecular complexity index is 1900. The molecular formula is C80H143NO13. The summed E-state index contributed by atoms with van der Waals surface area (Å²) in [7, 11) is 0. The Morgan fingerprint density at radius 2 is 0.745 bits per heavy atom. The molecule has 2 fully saturated rings. The normalized spacial score (nSPS) is 22.9. The maximum absolute atomic E-state index is 13.4. The Kier molecular flexibility index (Phi) is 59.0. The molecule has 0 aliphatic carbocycles. The molecule has 1 amide bonds. The molecule has 12 atom stereocenters. The van der Waals surface area contributed by atoms with E-state index in [9.17, 15) is 45.6 Å². The first-order valence-corrected chi connectivity index (χ1v) is 38.8. The van der Waals surface area contributed by atoms with Crippen LogP contribution in [0, 0.1) is 0 Å². The van der Waals surface area contributed by atoms with Crippen LogP contribution in [-0.4, -0.2) is 140 Å². The predicted octanol–water partition coefficient (Wildman–Crippen LogP) is 17.1. The lowest BCUT2D eigenvalue weighted by molar-refractivity contribution is -0.359. The molecule has 0 spiro atoms. The molecule has 0 saturated carbocycles. The molecule has 9 N–H and O–H groups in total. The maximum Gasteiger partial charge on any atom is 0.220 e. The number of carbonyl (C=O) groups is 1. The van der Waals surface area contributed by atoms with Crippen molar-refractivity contribution in [2.75, 3.05) is 19.8 Å². The number of unbranched alkanes of at least 4 members (excludes halogenated alkanes) is 39. The molecule has 2 aliphatic rings. The number of rotatable bonds is 64. The number of hydrogen-bond donors (Lipinski definition) is 9. The molecule has 0 radical (unpaired) electrons. The fraction of sp³-hybridized carbons (Fsp3) is 0.812. The van der Waals surface area contributed by atoms with Gasteiger partial charge in [-0.3, -0.25) is 4.79 Å². The van der Waals surface area contributed by atoms with Crippen LogP contribution in [0.4, 0.5) is 0 Å². The monoisotopic (exact) mass is 1330 g/mol. The third-order valence-electron chi connectivity index (χ3n) is 18.5. The van der Waals surface area contributed by atoms with Gasteiger partial charge >= 0.3 is 0 Å². The van der Waals surface area contributed by atoms with Crippen molar-refractivity contribution in [3.8, 4) is 0 Å². The lowest BCUT2D eigenvalue weighted by Crippen LogP contribution is -2.65. The highest BCUT2D eigenvalue weighted by molar-refractivity contribution is 5.76. The van der Waals surface area contributed by atoms with Gasteiger partial charge in [0, 0.05) is 6.42 Å². The first-order valence-electron chi connectivity index (χ1n) is 38.8. The van der Waals surface area contributed by atoms with Crippen molar-refractivity contribution in [1.29, 1.82) is 0 Å². The molecule has 94 heavy (non-hydrogen) atoms. The number of carbonyl (C=O) groups excluding carboxylic acids is 1. The zero-order valence-electron chi connectivity index (χ0n) is 59.7. The molecule has 14 heteroatoms. The summed E-state index contributed by atoms with van der Waals surface area (Å²) in [4.78, 5) is 13.4. The fourth-order valence-electron chi connectivity index (χ4n) is 12.4. The highest BCUT2D eigenvalue weighted by Crippen LogP contribution is 2.30. The number of ether oxygens (including phenoxy) is 4. The first-order chi connectivity index (χ1) is 46.1. The molecule has 2 heterocycles. The van der Waals surface area contributed by atoms with Crippen LogP contribution in [-0.2, 0) is 23.7 Å². The molecule has 2 rings (SSSR count). The molecule has 0 aromatic heterocycles. The van der Waals surface area contributed by atoms with Crippen molar-refractivity contribution in [3.05, 3.63) is 85.1 Å². The smallest absolute Gasteiger partial charge is 0.220 e. The van der Waals surface area contributed by atoms with Crippen molar-refractivity contribution in [2.45, 2.75) is 396 Å². The van der Waals surface area contributed by atoms with Gasteiger partial charge < -0.3 is 65.1 Å². The van der Waals surface area contributed by atoms with Gasteiger partial charge in [0.15, 0.2) is 12.6 Å². The number of nitrogens with one attached hydrogen (secondary N) is 1. The zero-order valence-corrected chi connectivity index (χ0v) is 59.7. The molecule has 2 saturated heterocycles. The first kappa shape index (κ1) is 87.3. The second kappa shape index (κ2) is 63.6. The minimum atomic E-state index is -1.80. The Labute approximate surface area is 573 Å². The van der Waals surface area contributed by atoms with Gasteiger partial charge in [-0.1, -0.05) is 317 Å². The number of hydrogen-bond acceptors (Lipinski definition) is 13. The van der Waals surface area contributed by atoms with Crippen LogP contribution in [0.25, 0.3) is 0 Å². The van der Waals surface area contributed by atoms with Crippen LogP contribution >= 0.6 is 0 Å². The van der Waals surface area contributed by atoms with E-state index in [1.807, 2.05) is 6.08 Å². The zero-order chi connectivity index (χ0) is 68.0. The van der Waals surface area contributed by atoms with Crippen LogP contribution in [0.5, 0.6) is 0 Å². The average Bonchev–Trinajstić information content (AvgIpc) is 0.794. The van der Waals surface area contributed by atoms with E-state index in [4.69, 9.17) is 18.9 Å². The number of amides is 1. The second-order valence-corrected chi connectivity index (χ2v) is 27.1. The summed E-state index contributed by atoms with van der Waals surface area (Å²) in [6, 6.07) is -0.944. The van der Waals surface area contributed by atoms with Crippen LogP contribution in [0.3, 0.4) is 0 Å². The Balaban J connectivity index is 1.66. The standard InChI is InChI=1S/C80H143NO13/c1-3-5-7-9-11-13-15-17-19-21-23-25-27-29-31-33-34-36-37-39-41-43-45-47-49-51-53-55-57-59-61-63-69(84)68(67-91-79-77(90)75(88)78(71(66-83)93-79)94-80-76(89)74(87)73(86)70(65-82)92-80)81-72(85)64-62-60-58-56-54-52-50-48-46-44-42-40-38-35-32-30-28-26-24-22-20-18-16-14-12-10-8-6-4-2/h6,8,12,14,18,20,24,26,45,47,53,55,61,63,68-71,73-80,82-84,86-90H,3-5,7,9-11,13,15-17,19,21-23,25,27-44,46,48-52,54,56-60,62,64-67H2,1-2H3,(H,81,85)/b8-6-,14-12-,20-18-,26-24-,47-45+,55-53+,63-61+.